The SMILES string of the molecule is CCSc1nc(NC(C)C)c2cnn(CCNC(=O)c3ccc(F)c(F)c3)c2n1. The van der Waals surface area contributed by atoms with Crippen molar-refractivity contribution in [3.8, 4) is 0 Å². The number of nitrogens with zero attached hydrogens (tertiary/aromatic N) is 4. The zero-order valence-electron chi connectivity index (χ0n) is 16.4. The lowest BCUT2D eigenvalue weighted by atomic mass is 10.2. The van der Waals surface area contributed by atoms with Crippen LogP contribution in [0.5, 0.6) is 0 Å². The third-order valence-electron chi connectivity index (χ3n) is 3.97. The third kappa shape index (κ3) is 5.00. The number of nitrogens with one attached hydrogen (secondary N) is 2. The smallest absolute Gasteiger partial charge is 0.251 e. The molecule has 3 aromatic rings. The molecule has 0 aliphatic carbocycles. The van der Waals surface area contributed by atoms with Crippen molar-refractivity contribution < 1.29 is 13.6 Å². The topological polar surface area (TPSA) is 84.7 Å². The number of thioether (sulfide) groups is 1. The van der Waals surface area contributed by atoms with E-state index in [0.29, 0.717) is 17.3 Å². The van der Waals surface area contributed by atoms with E-state index >= 15 is 0 Å². The molecule has 29 heavy (non-hydrogen) atoms. The van der Waals surface area contributed by atoms with Gasteiger partial charge in [-0.25, -0.2) is 23.4 Å². The van der Waals surface area contributed by atoms with Crippen LogP contribution in [0.25, 0.3) is 11.0 Å². The van der Waals surface area contributed by atoms with Gasteiger partial charge in [0.2, 0.25) is 0 Å². The molecular weight excluding hydrogens is 398 g/mol. The fraction of sp³-hybridized carbons (Fsp3) is 0.368. The molecule has 0 spiro atoms. The van der Waals surface area contributed by atoms with Crippen molar-refractivity contribution in [2.75, 3.05) is 17.6 Å². The Morgan fingerprint density at radius 2 is 2.03 bits per heavy atom. The van der Waals surface area contributed by atoms with Crippen molar-refractivity contribution in [2.24, 2.45) is 0 Å². The lowest BCUT2D eigenvalue weighted by Crippen LogP contribution is -2.27. The minimum Gasteiger partial charge on any atom is -0.367 e. The van der Waals surface area contributed by atoms with E-state index < -0.39 is 17.5 Å². The van der Waals surface area contributed by atoms with Gasteiger partial charge in [0.25, 0.3) is 5.91 Å². The first-order valence-corrected chi connectivity index (χ1v) is 10.2. The van der Waals surface area contributed by atoms with Crippen molar-refractivity contribution in [3.63, 3.8) is 0 Å². The summed E-state index contributed by atoms with van der Waals surface area (Å²) in [5.74, 6) is -0.975. The number of carbonyl (C=O) groups excluding carboxylic acids is 1. The van der Waals surface area contributed by atoms with Gasteiger partial charge in [0.05, 0.1) is 18.1 Å². The Balaban J connectivity index is 1.75. The number of rotatable bonds is 8. The third-order valence-corrected chi connectivity index (χ3v) is 4.69. The van der Waals surface area contributed by atoms with Crippen molar-refractivity contribution in [1.82, 2.24) is 25.1 Å². The number of halogens is 2. The van der Waals surface area contributed by atoms with Crippen molar-refractivity contribution in [3.05, 3.63) is 41.6 Å². The van der Waals surface area contributed by atoms with Gasteiger partial charge in [-0.2, -0.15) is 5.10 Å². The summed E-state index contributed by atoms with van der Waals surface area (Å²) < 4.78 is 28.0. The fourth-order valence-corrected chi connectivity index (χ4v) is 3.26. The summed E-state index contributed by atoms with van der Waals surface area (Å²) in [5, 5.41) is 11.8. The molecule has 2 N–H and O–H groups in total. The number of anilines is 1. The Hall–Kier alpha value is -2.75. The van der Waals surface area contributed by atoms with E-state index in [9.17, 15) is 13.6 Å². The maximum Gasteiger partial charge on any atom is 0.251 e. The standard InChI is InChI=1S/C19H22F2N6OS/c1-4-29-19-25-16(24-11(2)3)13-10-23-27(17(13)26-19)8-7-22-18(28)12-5-6-14(20)15(21)9-12/h5-6,9-11H,4,7-8H2,1-3H3,(H,22,28)(H,24,25,26). The molecule has 0 saturated heterocycles. The van der Waals surface area contributed by atoms with Gasteiger partial charge in [-0.3, -0.25) is 4.79 Å². The predicted octanol–water partition coefficient (Wildman–Crippen LogP) is 3.47. The second kappa shape index (κ2) is 9.17. The van der Waals surface area contributed by atoms with Gasteiger partial charge in [0.15, 0.2) is 22.4 Å². The number of fused-ring (bicyclic) bond motifs is 1. The molecule has 0 fully saturated rings. The van der Waals surface area contributed by atoms with Gasteiger partial charge >= 0.3 is 0 Å². The van der Waals surface area contributed by atoms with Gasteiger partial charge in [-0.1, -0.05) is 18.7 Å². The monoisotopic (exact) mass is 420 g/mol. The van der Waals surface area contributed by atoms with Crippen molar-refractivity contribution in [2.45, 2.75) is 38.5 Å². The molecule has 1 amide bonds. The number of carbonyl (C=O) groups is 1. The maximum absolute atomic E-state index is 13.3. The molecule has 7 nitrogen and oxygen atoms in total. The quantitative estimate of drug-likeness (QED) is 0.429. The van der Waals surface area contributed by atoms with E-state index in [1.807, 2.05) is 20.8 Å². The van der Waals surface area contributed by atoms with Crippen LogP contribution in [0.1, 0.15) is 31.1 Å². The van der Waals surface area contributed by atoms with Gasteiger partial charge < -0.3 is 10.6 Å². The summed E-state index contributed by atoms with van der Waals surface area (Å²) in [6, 6.07) is 3.24. The highest BCUT2D eigenvalue weighted by molar-refractivity contribution is 7.99. The second-order valence-electron chi connectivity index (χ2n) is 6.58. The average molecular weight is 420 g/mol. The van der Waals surface area contributed by atoms with Crippen LogP contribution in [-0.4, -0.2) is 44.0 Å². The van der Waals surface area contributed by atoms with Crippen LogP contribution in [0.3, 0.4) is 0 Å². The molecule has 0 radical (unpaired) electrons. The summed E-state index contributed by atoms with van der Waals surface area (Å²) in [6.45, 7) is 6.70. The number of hydrogen-bond acceptors (Lipinski definition) is 6. The van der Waals surface area contributed by atoms with E-state index in [1.165, 1.54) is 17.8 Å². The van der Waals surface area contributed by atoms with Crippen LogP contribution in [0.2, 0.25) is 0 Å². The molecule has 1 aromatic carbocycles. The lowest BCUT2D eigenvalue weighted by molar-refractivity contribution is 0.0951. The number of hydrogen-bond donors (Lipinski definition) is 2. The van der Waals surface area contributed by atoms with Gasteiger partial charge in [0.1, 0.15) is 5.82 Å². The van der Waals surface area contributed by atoms with Gasteiger partial charge in [0, 0.05) is 18.2 Å². The van der Waals surface area contributed by atoms with Crippen LogP contribution in [0.4, 0.5) is 14.6 Å². The highest BCUT2D eigenvalue weighted by atomic mass is 32.2. The molecule has 3 rings (SSSR count). The molecule has 0 aliphatic heterocycles. The number of aromatic nitrogens is 4. The zero-order chi connectivity index (χ0) is 21.0. The lowest BCUT2D eigenvalue weighted by Gasteiger charge is -2.12. The average Bonchev–Trinajstić information content (AvgIpc) is 3.07. The first-order valence-electron chi connectivity index (χ1n) is 9.25. The van der Waals surface area contributed by atoms with E-state index in [-0.39, 0.29) is 18.2 Å². The summed E-state index contributed by atoms with van der Waals surface area (Å²) in [5.41, 5.74) is 0.725. The molecule has 2 aromatic heterocycles. The molecule has 2 heterocycles. The minimum absolute atomic E-state index is 0.0570. The van der Waals surface area contributed by atoms with Crippen molar-refractivity contribution >= 4 is 34.5 Å². The van der Waals surface area contributed by atoms with E-state index in [0.717, 1.165) is 29.1 Å². The Morgan fingerprint density at radius 1 is 1.24 bits per heavy atom. The Kier molecular flexibility index (Phi) is 6.63. The maximum atomic E-state index is 13.3. The first kappa shape index (κ1) is 21.0. The highest BCUT2D eigenvalue weighted by Crippen LogP contribution is 2.24. The molecule has 154 valence electrons. The van der Waals surface area contributed by atoms with E-state index in [1.54, 1.807) is 10.9 Å². The Morgan fingerprint density at radius 3 is 2.72 bits per heavy atom. The van der Waals surface area contributed by atoms with Crippen LogP contribution < -0.4 is 10.6 Å². The first-order chi connectivity index (χ1) is 13.9. The zero-order valence-corrected chi connectivity index (χ0v) is 17.2. The summed E-state index contributed by atoms with van der Waals surface area (Å²) in [6.07, 6.45) is 1.69. The molecule has 10 heteroatoms. The summed E-state index contributed by atoms with van der Waals surface area (Å²) >= 11 is 1.53. The number of benzene rings is 1. The van der Waals surface area contributed by atoms with Crippen molar-refractivity contribution in [1.29, 1.82) is 0 Å². The molecule has 0 aliphatic rings. The normalized spacial score (nSPS) is 11.2. The second-order valence-corrected chi connectivity index (χ2v) is 7.81. The van der Waals surface area contributed by atoms with E-state index in [4.69, 9.17) is 0 Å². The highest BCUT2D eigenvalue weighted by Gasteiger charge is 2.14. The van der Waals surface area contributed by atoms with Gasteiger partial charge in [-0.15, -0.1) is 0 Å². The van der Waals surface area contributed by atoms with Crippen LogP contribution in [-0.2, 0) is 6.54 Å². The summed E-state index contributed by atoms with van der Waals surface area (Å²) in [7, 11) is 0. The minimum atomic E-state index is -1.06. The summed E-state index contributed by atoms with van der Waals surface area (Å²) in [4.78, 5) is 21.3. The van der Waals surface area contributed by atoms with Crippen LogP contribution in [0, 0.1) is 11.6 Å². The number of amides is 1. The molecule has 0 unspecified atom stereocenters. The Labute approximate surface area is 171 Å². The predicted molar refractivity (Wildman–Crippen MR) is 109 cm³/mol. The molecule has 0 atom stereocenters. The van der Waals surface area contributed by atoms with E-state index in [2.05, 4.69) is 25.7 Å². The molecular formula is C19H22F2N6OS. The van der Waals surface area contributed by atoms with Crippen LogP contribution >= 0.6 is 11.8 Å². The fourth-order valence-electron chi connectivity index (χ4n) is 2.69. The molecule has 0 saturated carbocycles. The van der Waals surface area contributed by atoms with Gasteiger partial charge in [-0.05, 0) is 37.8 Å². The molecule has 0 bridgehead atoms. The van der Waals surface area contributed by atoms with Crippen LogP contribution in [0.15, 0.2) is 29.6 Å². The Bertz CT molecular complexity index is 1020. The largest absolute Gasteiger partial charge is 0.367 e.